The fourth-order valence-corrected chi connectivity index (χ4v) is 3.54. The molecule has 0 aliphatic heterocycles. The third-order valence-corrected chi connectivity index (χ3v) is 4.87. The van der Waals surface area contributed by atoms with E-state index in [2.05, 4.69) is 10.0 Å². The molecule has 0 heterocycles. The van der Waals surface area contributed by atoms with E-state index in [0.717, 1.165) is 11.8 Å². The molecule has 162 valence electrons. The molecule has 0 bridgehead atoms. The minimum absolute atomic E-state index is 0.0933. The number of anilines is 1. The van der Waals surface area contributed by atoms with Crippen LogP contribution in [0, 0.1) is 0 Å². The molecule has 8 nitrogen and oxygen atoms in total. The van der Waals surface area contributed by atoms with E-state index in [4.69, 9.17) is 9.47 Å². The van der Waals surface area contributed by atoms with E-state index in [1.165, 1.54) is 7.11 Å². The minimum Gasteiger partial charge on any atom is -0.497 e. The summed E-state index contributed by atoms with van der Waals surface area (Å²) in [5, 5.41) is 2.74. The largest absolute Gasteiger partial charge is 0.497 e. The Morgan fingerprint density at radius 3 is 2.20 bits per heavy atom. The highest BCUT2D eigenvalue weighted by atomic mass is 32.2. The molecule has 0 radical (unpaired) electrons. The van der Waals surface area contributed by atoms with Crippen LogP contribution in [0.15, 0.2) is 48.5 Å². The Morgan fingerprint density at radius 1 is 1.03 bits per heavy atom. The van der Waals surface area contributed by atoms with Gasteiger partial charge in [-0.1, -0.05) is 24.3 Å². The van der Waals surface area contributed by atoms with Gasteiger partial charge in [-0.05, 0) is 42.3 Å². The number of hydrogen-bond donors (Lipinski definition) is 2. The molecule has 2 aromatic carbocycles. The van der Waals surface area contributed by atoms with Crippen molar-refractivity contribution in [3.05, 3.63) is 59.7 Å². The number of carbonyl (C=O) groups excluding carboxylic acids is 2. The fourth-order valence-electron chi connectivity index (χ4n) is 2.80. The first-order chi connectivity index (χ1) is 14.2. The first-order valence-electron chi connectivity index (χ1n) is 9.36. The zero-order valence-electron chi connectivity index (χ0n) is 17.2. The lowest BCUT2D eigenvalue weighted by atomic mass is 10.0. The maximum atomic E-state index is 12.5. The van der Waals surface area contributed by atoms with Crippen LogP contribution in [0.5, 0.6) is 5.75 Å². The summed E-state index contributed by atoms with van der Waals surface area (Å²) in [5.74, 6) is -0.0437. The van der Waals surface area contributed by atoms with Gasteiger partial charge in [0, 0.05) is 12.1 Å². The first kappa shape index (κ1) is 23.4. The second-order valence-corrected chi connectivity index (χ2v) is 8.43. The molecule has 2 N–H and O–H groups in total. The molecule has 0 fully saturated rings. The lowest BCUT2D eigenvalue weighted by Crippen LogP contribution is -2.30. The minimum atomic E-state index is -3.53. The maximum Gasteiger partial charge on any atom is 0.310 e. The zero-order chi connectivity index (χ0) is 22.1. The molecule has 0 spiro atoms. The van der Waals surface area contributed by atoms with Crippen molar-refractivity contribution < 1.29 is 27.5 Å². The fraction of sp³-hybridized carbons (Fsp3) is 0.333. The first-order valence-corrected chi connectivity index (χ1v) is 11.2. The summed E-state index contributed by atoms with van der Waals surface area (Å²) < 4.78 is 36.0. The summed E-state index contributed by atoms with van der Waals surface area (Å²) in [5.41, 5.74) is 1.95. The number of methoxy groups -OCH3 is 1. The van der Waals surface area contributed by atoms with Crippen molar-refractivity contribution in [3.8, 4) is 5.75 Å². The smallest absolute Gasteiger partial charge is 0.310 e. The van der Waals surface area contributed by atoms with Gasteiger partial charge in [0.25, 0.3) is 0 Å². The Hall–Kier alpha value is -2.91. The molecule has 2 aromatic rings. The summed E-state index contributed by atoms with van der Waals surface area (Å²) >= 11 is 0. The molecule has 0 unspecified atom stereocenters. The van der Waals surface area contributed by atoms with Crippen LogP contribution >= 0.6 is 0 Å². The highest BCUT2D eigenvalue weighted by Gasteiger charge is 2.20. The summed E-state index contributed by atoms with van der Waals surface area (Å²) in [6.07, 6.45) is 1.10. The summed E-state index contributed by atoms with van der Waals surface area (Å²) in [7, 11) is -2.00. The summed E-state index contributed by atoms with van der Waals surface area (Å²) in [6.45, 7) is 2.07. The van der Waals surface area contributed by atoms with E-state index in [9.17, 15) is 18.0 Å². The van der Waals surface area contributed by atoms with Gasteiger partial charge in [0.15, 0.2) is 0 Å². The molecule has 0 aliphatic rings. The van der Waals surface area contributed by atoms with Crippen LogP contribution in [0.25, 0.3) is 0 Å². The monoisotopic (exact) mass is 434 g/mol. The number of carbonyl (C=O) groups is 2. The van der Waals surface area contributed by atoms with Crippen LogP contribution in [-0.2, 0) is 30.8 Å². The second-order valence-electron chi connectivity index (χ2n) is 6.65. The molecule has 0 aromatic heterocycles. The zero-order valence-corrected chi connectivity index (χ0v) is 18.0. The number of esters is 1. The van der Waals surface area contributed by atoms with Crippen molar-refractivity contribution >= 4 is 27.6 Å². The van der Waals surface area contributed by atoms with Crippen molar-refractivity contribution in [3.63, 3.8) is 0 Å². The van der Waals surface area contributed by atoms with Gasteiger partial charge in [0.2, 0.25) is 15.9 Å². The van der Waals surface area contributed by atoms with Crippen LogP contribution < -0.4 is 14.8 Å². The number of sulfonamides is 1. The van der Waals surface area contributed by atoms with Gasteiger partial charge in [-0.25, -0.2) is 13.1 Å². The van der Waals surface area contributed by atoms with Crippen LogP contribution in [0.3, 0.4) is 0 Å². The van der Waals surface area contributed by atoms with Crippen LogP contribution in [-0.4, -0.2) is 40.3 Å². The molecule has 1 amide bonds. The number of rotatable bonds is 10. The second kappa shape index (κ2) is 10.7. The topological polar surface area (TPSA) is 111 Å². The van der Waals surface area contributed by atoms with Crippen molar-refractivity contribution in [1.82, 2.24) is 4.72 Å². The Morgan fingerprint density at radius 2 is 1.67 bits per heavy atom. The Kier molecular flexibility index (Phi) is 8.37. The van der Waals surface area contributed by atoms with Crippen LogP contribution in [0.2, 0.25) is 0 Å². The number of hydrogen-bond acceptors (Lipinski definition) is 6. The van der Waals surface area contributed by atoms with E-state index in [-0.39, 0.29) is 24.7 Å². The average Bonchev–Trinajstić information content (AvgIpc) is 2.68. The van der Waals surface area contributed by atoms with Crippen molar-refractivity contribution in [2.45, 2.75) is 25.8 Å². The molecule has 0 aliphatic carbocycles. The van der Waals surface area contributed by atoms with Gasteiger partial charge in [-0.3, -0.25) is 9.59 Å². The lowest BCUT2D eigenvalue weighted by Gasteiger charge is -2.18. The predicted octanol–water partition coefficient (Wildman–Crippen LogP) is 2.42. The van der Waals surface area contributed by atoms with E-state index >= 15 is 0 Å². The highest BCUT2D eigenvalue weighted by molar-refractivity contribution is 7.88. The van der Waals surface area contributed by atoms with E-state index in [1.807, 2.05) is 0 Å². The molecule has 1 atom stereocenters. The molecule has 0 saturated carbocycles. The van der Waals surface area contributed by atoms with Crippen LogP contribution in [0.4, 0.5) is 5.69 Å². The Labute approximate surface area is 176 Å². The molecule has 2 rings (SSSR count). The standard InChI is InChI=1S/C21H26N2O6S/c1-4-29-21(25)13-15-5-9-17(10-6-15)22-20(24)14-19(23-30(3,26)27)16-7-11-18(28-2)12-8-16/h5-12,19,23H,4,13-14H2,1-3H3,(H,22,24)/t19-/m1/s1. The normalized spacial score (nSPS) is 12.1. The van der Waals surface area contributed by atoms with Crippen molar-refractivity contribution in [2.24, 2.45) is 0 Å². The van der Waals surface area contributed by atoms with E-state index < -0.39 is 16.1 Å². The van der Waals surface area contributed by atoms with Crippen molar-refractivity contribution in [1.29, 1.82) is 0 Å². The quantitative estimate of drug-likeness (QED) is 0.556. The molecule has 0 saturated heterocycles. The highest BCUT2D eigenvalue weighted by Crippen LogP contribution is 2.22. The van der Waals surface area contributed by atoms with Gasteiger partial charge in [0.1, 0.15) is 5.75 Å². The van der Waals surface area contributed by atoms with Crippen molar-refractivity contribution in [2.75, 3.05) is 25.3 Å². The van der Waals surface area contributed by atoms with Gasteiger partial charge in [0.05, 0.1) is 32.4 Å². The SMILES string of the molecule is CCOC(=O)Cc1ccc(NC(=O)C[C@@H](NS(C)(=O)=O)c2ccc(OC)cc2)cc1. The molecule has 30 heavy (non-hydrogen) atoms. The Bertz CT molecular complexity index is 956. The third-order valence-electron chi connectivity index (χ3n) is 4.16. The lowest BCUT2D eigenvalue weighted by molar-refractivity contribution is -0.142. The van der Waals surface area contributed by atoms with Gasteiger partial charge in [-0.15, -0.1) is 0 Å². The predicted molar refractivity (Wildman–Crippen MR) is 114 cm³/mol. The van der Waals surface area contributed by atoms with E-state index in [0.29, 0.717) is 23.6 Å². The maximum absolute atomic E-state index is 12.5. The Balaban J connectivity index is 2.05. The number of ether oxygens (including phenoxy) is 2. The number of benzene rings is 2. The van der Waals surface area contributed by atoms with E-state index in [1.54, 1.807) is 55.5 Å². The number of amides is 1. The summed E-state index contributed by atoms with van der Waals surface area (Å²) in [6, 6.07) is 12.9. The number of nitrogens with one attached hydrogen (secondary N) is 2. The van der Waals surface area contributed by atoms with Gasteiger partial charge in [-0.2, -0.15) is 0 Å². The summed E-state index contributed by atoms with van der Waals surface area (Å²) in [4.78, 5) is 24.0. The average molecular weight is 435 g/mol. The molecule has 9 heteroatoms. The molecular weight excluding hydrogens is 408 g/mol. The van der Waals surface area contributed by atoms with Crippen LogP contribution in [0.1, 0.15) is 30.5 Å². The van der Waals surface area contributed by atoms with Gasteiger partial charge >= 0.3 is 5.97 Å². The van der Waals surface area contributed by atoms with Gasteiger partial charge < -0.3 is 14.8 Å². The molecular formula is C21H26N2O6S. The third kappa shape index (κ3) is 7.84.